The third-order valence-corrected chi connectivity index (χ3v) is 4.08. The zero-order chi connectivity index (χ0) is 13.9. The van der Waals surface area contributed by atoms with Gasteiger partial charge >= 0.3 is 0 Å². The third kappa shape index (κ3) is 2.72. The Morgan fingerprint density at radius 2 is 2.20 bits per heavy atom. The lowest BCUT2D eigenvalue weighted by Gasteiger charge is -2.21. The lowest BCUT2D eigenvalue weighted by Crippen LogP contribution is -2.35. The van der Waals surface area contributed by atoms with Gasteiger partial charge in [0, 0.05) is 31.1 Å². The summed E-state index contributed by atoms with van der Waals surface area (Å²) in [6.45, 7) is 9.69. The molecule has 2 aromatic rings. The Morgan fingerprint density at radius 3 is 3.05 bits per heavy atom. The third-order valence-electron chi connectivity index (χ3n) is 4.08. The SMILES string of the molecule is CCn1nc(CN2CCCNC(C)C2)c2ccccc21. The second kappa shape index (κ2) is 5.94. The molecule has 1 aliphatic heterocycles. The molecular formula is C16H24N4. The summed E-state index contributed by atoms with van der Waals surface area (Å²) in [5, 5.41) is 9.66. The van der Waals surface area contributed by atoms with Crippen LogP contribution < -0.4 is 5.32 Å². The number of hydrogen-bond acceptors (Lipinski definition) is 3. The first-order valence-corrected chi connectivity index (χ1v) is 7.68. The van der Waals surface area contributed by atoms with Crippen LogP contribution in [0.4, 0.5) is 0 Å². The smallest absolute Gasteiger partial charge is 0.0843 e. The van der Waals surface area contributed by atoms with Crippen molar-refractivity contribution in [3.8, 4) is 0 Å². The Labute approximate surface area is 120 Å². The van der Waals surface area contributed by atoms with Crippen molar-refractivity contribution in [2.24, 2.45) is 0 Å². The van der Waals surface area contributed by atoms with Gasteiger partial charge in [0.1, 0.15) is 0 Å². The zero-order valence-electron chi connectivity index (χ0n) is 12.5. The molecule has 1 N–H and O–H groups in total. The minimum Gasteiger partial charge on any atom is -0.313 e. The summed E-state index contributed by atoms with van der Waals surface area (Å²) in [6, 6.07) is 9.14. The average Bonchev–Trinajstić information content (AvgIpc) is 2.68. The van der Waals surface area contributed by atoms with E-state index in [9.17, 15) is 0 Å². The second-order valence-electron chi connectivity index (χ2n) is 5.72. The van der Waals surface area contributed by atoms with Crippen LogP contribution in [0.1, 0.15) is 26.0 Å². The molecule has 1 aromatic heterocycles. The molecule has 0 aliphatic carbocycles. The standard InChI is InChI=1S/C16H24N4/c1-3-20-16-8-5-4-7-14(16)15(18-20)12-19-10-6-9-17-13(2)11-19/h4-5,7-8,13,17H,3,6,9-12H2,1-2H3. The number of nitrogens with one attached hydrogen (secondary N) is 1. The van der Waals surface area contributed by atoms with Crippen molar-refractivity contribution < 1.29 is 0 Å². The van der Waals surface area contributed by atoms with E-state index in [1.807, 2.05) is 0 Å². The summed E-state index contributed by atoms with van der Waals surface area (Å²) in [7, 11) is 0. The molecule has 1 aromatic carbocycles. The number of nitrogens with zero attached hydrogens (tertiary/aromatic N) is 3. The van der Waals surface area contributed by atoms with Gasteiger partial charge in [0.05, 0.1) is 11.2 Å². The van der Waals surface area contributed by atoms with Crippen LogP contribution in [0, 0.1) is 0 Å². The molecule has 3 rings (SSSR count). The van der Waals surface area contributed by atoms with E-state index in [0.717, 1.165) is 32.7 Å². The van der Waals surface area contributed by atoms with Crippen molar-refractivity contribution in [3.63, 3.8) is 0 Å². The highest BCUT2D eigenvalue weighted by Crippen LogP contribution is 2.20. The number of fused-ring (bicyclic) bond motifs is 1. The molecular weight excluding hydrogens is 248 g/mol. The highest BCUT2D eigenvalue weighted by molar-refractivity contribution is 5.81. The highest BCUT2D eigenvalue weighted by Gasteiger charge is 2.17. The van der Waals surface area contributed by atoms with Gasteiger partial charge in [-0.25, -0.2) is 0 Å². The predicted molar refractivity (Wildman–Crippen MR) is 82.8 cm³/mol. The lowest BCUT2D eigenvalue weighted by molar-refractivity contribution is 0.261. The van der Waals surface area contributed by atoms with E-state index in [0.29, 0.717) is 6.04 Å². The summed E-state index contributed by atoms with van der Waals surface area (Å²) in [5.41, 5.74) is 2.47. The van der Waals surface area contributed by atoms with Gasteiger partial charge < -0.3 is 5.32 Å². The Morgan fingerprint density at radius 1 is 1.35 bits per heavy atom. The molecule has 0 bridgehead atoms. The van der Waals surface area contributed by atoms with Gasteiger partial charge in [-0.1, -0.05) is 18.2 Å². The maximum atomic E-state index is 4.81. The van der Waals surface area contributed by atoms with Gasteiger partial charge in [-0.05, 0) is 39.4 Å². The van der Waals surface area contributed by atoms with Gasteiger partial charge in [-0.3, -0.25) is 9.58 Å². The molecule has 0 spiro atoms. The molecule has 1 aliphatic rings. The molecule has 108 valence electrons. The van der Waals surface area contributed by atoms with Gasteiger partial charge in [-0.2, -0.15) is 5.10 Å². The van der Waals surface area contributed by atoms with Gasteiger partial charge in [-0.15, -0.1) is 0 Å². The van der Waals surface area contributed by atoms with Crippen LogP contribution in [0.15, 0.2) is 24.3 Å². The van der Waals surface area contributed by atoms with E-state index < -0.39 is 0 Å². The molecule has 0 radical (unpaired) electrons. The van der Waals surface area contributed by atoms with Gasteiger partial charge in [0.15, 0.2) is 0 Å². The maximum Gasteiger partial charge on any atom is 0.0843 e. The molecule has 1 saturated heterocycles. The number of aryl methyl sites for hydroxylation is 1. The monoisotopic (exact) mass is 272 g/mol. The van der Waals surface area contributed by atoms with Crippen molar-refractivity contribution in [2.75, 3.05) is 19.6 Å². The normalized spacial score (nSPS) is 21.2. The first kappa shape index (κ1) is 13.6. The van der Waals surface area contributed by atoms with Crippen molar-refractivity contribution in [2.45, 2.75) is 39.4 Å². The largest absolute Gasteiger partial charge is 0.313 e. The Kier molecular flexibility index (Phi) is 4.03. The van der Waals surface area contributed by atoms with E-state index in [1.54, 1.807) is 0 Å². The first-order chi connectivity index (χ1) is 9.78. The van der Waals surface area contributed by atoms with Gasteiger partial charge in [0.2, 0.25) is 0 Å². The first-order valence-electron chi connectivity index (χ1n) is 7.68. The predicted octanol–water partition coefficient (Wildman–Crippen LogP) is 2.24. The summed E-state index contributed by atoms with van der Waals surface area (Å²) >= 11 is 0. The molecule has 2 heterocycles. The van der Waals surface area contributed by atoms with Crippen LogP contribution in [-0.4, -0.2) is 40.4 Å². The number of hydrogen-bond donors (Lipinski definition) is 1. The highest BCUT2D eigenvalue weighted by atomic mass is 15.3. The van der Waals surface area contributed by atoms with Crippen LogP contribution in [0.5, 0.6) is 0 Å². The second-order valence-corrected chi connectivity index (χ2v) is 5.72. The van der Waals surface area contributed by atoms with Crippen LogP contribution in [-0.2, 0) is 13.1 Å². The van der Waals surface area contributed by atoms with E-state index in [1.165, 1.54) is 23.0 Å². The summed E-state index contributed by atoms with van der Waals surface area (Å²) < 4.78 is 2.12. The summed E-state index contributed by atoms with van der Waals surface area (Å²) in [5.74, 6) is 0. The fourth-order valence-corrected chi connectivity index (χ4v) is 3.10. The number of para-hydroxylation sites is 1. The van der Waals surface area contributed by atoms with E-state index in [-0.39, 0.29) is 0 Å². The van der Waals surface area contributed by atoms with Crippen molar-refractivity contribution in [3.05, 3.63) is 30.0 Å². The topological polar surface area (TPSA) is 33.1 Å². The van der Waals surface area contributed by atoms with Crippen molar-refractivity contribution >= 4 is 10.9 Å². The Balaban J connectivity index is 1.86. The van der Waals surface area contributed by atoms with Crippen LogP contribution >= 0.6 is 0 Å². The fourth-order valence-electron chi connectivity index (χ4n) is 3.10. The molecule has 4 heteroatoms. The van der Waals surface area contributed by atoms with Crippen molar-refractivity contribution in [1.29, 1.82) is 0 Å². The van der Waals surface area contributed by atoms with E-state index in [2.05, 4.69) is 53.0 Å². The molecule has 0 amide bonds. The van der Waals surface area contributed by atoms with Crippen LogP contribution in [0.25, 0.3) is 10.9 Å². The minimum absolute atomic E-state index is 0.567. The molecule has 1 unspecified atom stereocenters. The van der Waals surface area contributed by atoms with Crippen LogP contribution in [0.2, 0.25) is 0 Å². The summed E-state index contributed by atoms with van der Waals surface area (Å²) in [6.07, 6.45) is 1.22. The summed E-state index contributed by atoms with van der Waals surface area (Å²) in [4.78, 5) is 2.53. The average molecular weight is 272 g/mol. The molecule has 1 fully saturated rings. The zero-order valence-corrected chi connectivity index (χ0v) is 12.5. The Bertz CT molecular complexity index is 575. The fraction of sp³-hybridized carbons (Fsp3) is 0.562. The number of benzene rings is 1. The number of rotatable bonds is 3. The molecule has 0 saturated carbocycles. The maximum absolute atomic E-state index is 4.81. The van der Waals surface area contributed by atoms with E-state index in [4.69, 9.17) is 5.10 Å². The lowest BCUT2D eigenvalue weighted by atomic mass is 10.2. The molecule has 1 atom stereocenters. The number of aromatic nitrogens is 2. The molecule has 4 nitrogen and oxygen atoms in total. The van der Waals surface area contributed by atoms with Crippen molar-refractivity contribution in [1.82, 2.24) is 20.0 Å². The van der Waals surface area contributed by atoms with E-state index >= 15 is 0 Å². The van der Waals surface area contributed by atoms with Gasteiger partial charge in [0.25, 0.3) is 0 Å². The Hall–Kier alpha value is -1.39. The molecule has 20 heavy (non-hydrogen) atoms. The quantitative estimate of drug-likeness (QED) is 0.930. The van der Waals surface area contributed by atoms with Crippen LogP contribution in [0.3, 0.4) is 0 Å². The minimum atomic E-state index is 0.567.